The molecule has 0 unspecified atom stereocenters. The molecule has 2 N–H and O–H groups in total. The maximum Gasteiger partial charge on any atom is 0.263 e. The summed E-state index contributed by atoms with van der Waals surface area (Å²) in [6.45, 7) is 1.35. The first-order valence-corrected chi connectivity index (χ1v) is 12.0. The molecule has 1 saturated carbocycles. The van der Waals surface area contributed by atoms with Gasteiger partial charge in [0.15, 0.2) is 0 Å². The number of hydrogen-bond acceptors (Lipinski definition) is 5. The minimum atomic E-state index is -0.490. The van der Waals surface area contributed by atoms with Crippen LogP contribution in [0.5, 0.6) is 0 Å². The van der Waals surface area contributed by atoms with E-state index in [1.54, 1.807) is 19.6 Å². The van der Waals surface area contributed by atoms with E-state index in [1.807, 2.05) is 35.2 Å². The summed E-state index contributed by atoms with van der Waals surface area (Å²) in [7, 11) is 3.09. The number of aromatic nitrogens is 2. The van der Waals surface area contributed by atoms with Crippen molar-refractivity contribution in [2.45, 2.75) is 50.6 Å². The Morgan fingerprint density at radius 3 is 2.70 bits per heavy atom. The molecule has 2 heterocycles. The summed E-state index contributed by atoms with van der Waals surface area (Å²) in [6.07, 6.45) is 9.78. The number of nitrogens with one attached hydrogen (secondary N) is 2. The Kier molecular flexibility index (Phi) is 7.77. The lowest BCUT2D eigenvalue weighted by molar-refractivity contribution is -0.171. The van der Waals surface area contributed by atoms with Crippen LogP contribution < -0.4 is 5.32 Å². The van der Waals surface area contributed by atoms with Crippen LogP contribution in [0.25, 0.3) is 0 Å². The molecule has 0 spiro atoms. The van der Waals surface area contributed by atoms with Gasteiger partial charge in [0.1, 0.15) is 0 Å². The van der Waals surface area contributed by atoms with E-state index < -0.39 is 6.04 Å². The molecule has 8 nitrogen and oxygen atoms in total. The Bertz CT molecular complexity index is 904. The molecule has 2 fully saturated rings. The molecule has 1 aromatic heterocycles. The monoisotopic (exact) mass is 453 g/mol. The van der Waals surface area contributed by atoms with Gasteiger partial charge in [-0.25, -0.2) is 10.0 Å². The number of piperidine rings is 1. The van der Waals surface area contributed by atoms with Crippen LogP contribution in [0.1, 0.15) is 48.2 Å². The molecular weight excluding hydrogens is 418 g/mol. The first-order chi connectivity index (χ1) is 16.1. The lowest BCUT2D eigenvalue weighted by Crippen LogP contribution is -2.56. The highest BCUT2D eigenvalue weighted by atomic mass is 16.7. The van der Waals surface area contributed by atoms with Crippen molar-refractivity contribution in [2.75, 3.05) is 27.2 Å². The van der Waals surface area contributed by atoms with E-state index >= 15 is 0 Å². The molecule has 178 valence electrons. The lowest BCUT2D eigenvalue weighted by Gasteiger charge is -2.46. The Hall–Kier alpha value is -2.71. The number of imidazole rings is 1. The number of nitrogens with zero attached hydrogens (tertiary/aromatic N) is 3. The quantitative estimate of drug-likeness (QED) is 0.600. The summed E-state index contributed by atoms with van der Waals surface area (Å²) in [4.78, 5) is 40.8. The summed E-state index contributed by atoms with van der Waals surface area (Å²) in [5.41, 5.74) is 1.53. The fraction of sp³-hybridized carbons (Fsp3) is 0.560. The SMILES string of the molecule is CON(C)C(=O)[C@H](Cc1c[nH]cn1)NC[C@@H]1C[C@H]2CCCC[C@@H]2CN1C(=O)c1ccccc1. The molecule has 1 aliphatic heterocycles. The van der Waals surface area contributed by atoms with E-state index in [0.717, 1.165) is 24.2 Å². The van der Waals surface area contributed by atoms with Crippen LogP contribution in [-0.2, 0) is 16.1 Å². The number of benzene rings is 1. The summed E-state index contributed by atoms with van der Waals surface area (Å²) in [5.74, 6) is 1.14. The smallest absolute Gasteiger partial charge is 0.263 e. The third-order valence-corrected chi connectivity index (χ3v) is 7.25. The molecule has 0 radical (unpaired) electrons. The van der Waals surface area contributed by atoms with Crippen LogP contribution in [0.4, 0.5) is 0 Å². The standard InChI is InChI=1S/C25H35N5O3/c1-29(33-2)25(32)23(13-21-14-26-17-28-21)27-15-22-12-19-10-6-7-11-20(19)16-30(22)24(31)18-8-4-3-5-9-18/h3-5,8-9,14,17,19-20,22-23,27H,6-7,10-13,15-16H2,1-2H3,(H,26,28)/t19-,20-,22+,23+/m1/s1. The minimum absolute atomic E-state index is 0.0411. The average molecular weight is 454 g/mol. The van der Waals surface area contributed by atoms with Gasteiger partial charge in [0, 0.05) is 44.4 Å². The number of H-pyrrole nitrogens is 1. The largest absolute Gasteiger partial charge is 0.351 e. The van der Waals surface area contributed by atoms with Gasteiger partial charge in [-0.2, -0.15) is 0 Å². The predicted octanol–water partition coefficient (Wildman–Crippen LogP) is 2.65. The molecule has 1 aliphatic carbocycles. The van der Waals surface area contributed by atoms with Gasteiger partial charge in [-0.1, -0.05) is 37.5 Å². The van der Waals surface area contributed by atoms with Crippen molar-refractivity contribution in [3.63, 3.8) is 0 Å². The molecule has 1 saturated heterocycles. The highest BCUT2D eigenvalue weighted by Gasteiger charge is 2.39. The minimum Gasteiger partial charge on any atom is -0.351 e. The van der Waals surface area contributed by atoms with E-state index in [2.05, 4.69) is 15.3 Å². The maximum atomic E-state index is 13.5. The highest BCUT2D eigenvalue weighted by Crippen LogP contribution is 2.39. The number of carbonyl (C=O) groups excluding carboxylic acids is 2. The van der Waals surface area contributed by atoms with Gasteiger partial charge in [0.2, 0.25) is 0 Å². The van der Waals surface area contributed by atoms with Crippen LogP contribution in [0.3, 0.4) is 0 Å². The molecule has 2 aliphatic rings. The first-order valence-electron chi connectivity index (χ1n) is 12.0. The van der Waals surface area contributed by atoms with E-state index in [4.69, 9.17) is 4.84 Å². The zero-order valence-corrected chi connectivity index (χ0v) is 19.6. The van der Waals surface area contributed by atoms with Gasteiger partial charge in [0.05, 0.1) is 25.2 Å². The lowest BCUT2D eigenvalue weighted by atomic mass is 9.72. The van der Waals surface area contributed by atoms with Crippen LogP contribution in [0.2, 0.25) is 0 Å². The van der Waals surface area contributed by atoms with Gasteiger partial charge in [0.25, 0.3) is 11.8 Å². The van der Waals surface area contributed by atoms with Crippen LogP contribution in [-0.4, -0.2) is 71.1 Å². The first kappa shape index (κ1) is 23.4. The molecule has 4 atom stereocenters. The molecular formula is C25H35N5O3. The predicted molar refractivity (Wildman–Crippen MR) is 125 cm³/mol. The number of rotatable bonds is 8. The van der Waals surface area contributed by atoms with Crippen LogP contribution in [0.15, 0.2) is 42.9 Å². The number of amides is 2. The summed E-state index contributed by atoms with van der Waals surface area (Å²) < 4.78 is 0. The van der Waals surface area contributed by atoms with E-state index in [1.165, 1.54) is 37.9 Å². The molecule has 4 rings (SSSR count). The second-order valence-electron chi connectivity index (χ2n) is 9.26. The third-order valence-electron chi connectivity index (χ3n) is 7.25. The van der Waals surface area contributed by atoms with Gasteiger partial charge < -0.3 is 15.2 Å². The number of fused-ring (bicyclic) bond motifs is 1. The van der Waals surface area contributed by atoms with Crippen molar-refractivity contribution in [1.82, 2.24) is 25.2 Å². The number of hydrogen-bond donors (Lipinski definition) is 2. The third kappa shape index (κ3) is 5.62. The van der Waals surface area contributed by atoms with E-state index in [0.29, 0.717) is 24.8 Å². The number of aromatic amines is 1. The summed E-state index contributed by atoms with van der Waals surface area (Å²) >= 11 is 0. The average Bonchev–Trinajstić information content (AvgIpc) is 3.38. The van der Waals surface area contributed by atoms with Crippen LogP contribution in [0, 0.1) is 11.8 Å². The van der Waals surface area contributed by atoms with Crippen molar-refractivity contribution in [3.8, 4) is 0 Å². The molecule has 8 heteroatoms. The molecule has 2 aromatic rings. The Labute approximate surface area is 195 Å². The highest BCUT2D eigenvalue weighted by molar-refractivity contribution is 5.94. The zero-order valence-electron chi connectivity index (χ0n) is 19.6. The van der Waals surface area contributed by atoms with Gasteiger partial charge in [-0.15, -0.1) is 0 Å². The number of hydroxylamine groups is 2. The zero-order chi connectivity index (χ0) is 23.2. The summed E-state index contributed by atoms with van der Waals surface area (Å²) in [5, 5.41) is 4.70. The fourth-order valence-electron chi connectivity index (χ4n) is 5.35. The van der Waals surface area contributed by atoms with Crippen molar-refractivity contribution in [3.05, 3.63) is 54.1 Å². The maximum absolute atomic E-state index is 13.5. The van der Waals surface area contributed by atoms with Crippen LogP contribution >= 0.6 is 0 Å². The number of likely N-dealkylation sites (tertiary alicyclic amines) is 1. The van der Waals surface area contributed by atoms with Gasteiger partial charge in [-0.05, 0) is 36.8 Å². The topological polar surface area (TPSA) is 90.6 Å². The summed E-state index contributed by atoms with van der Waals surface area (Å²) in [6, 6.07) is 9.07. The Morgan fingerprint density at radius 2 is 2.00 bits per heavy atom. The Balaban J connectivity index is 1.51. The number of likely N-dealkylation sites (N-methyl/N-ethyl adjacent to an activating group) is 1. The molecule has 0 bridgehead atoms. The normalized spacial score (nSPS) is 23.6. The fourth-order valence-corrected chi connectivity index (χ4v) is 5.35. The molecule has 2 amide bonds. The van der Waals surface area contributed by atoms with E-state index in [-0.39, 0.29) is 17.9 Å². The Morgan fingerprint density at radius 1 is 1.24 bits per heavy atom. The molecule has 33 heavy (non-hydrogen) atoms. The number of carbonyl (C=O) groups is 2. The van der Waals surface area contributed by atoms with Crippen molar-refractivity contribution < 1.29 is 14.4 Å². The van der Waals surface area contributed by atoms with Gasteiger partial charge >= 0.3 is 0 Å². The second kappa shape index (κ2) is 10.9. The van der Waals surface area contributed by atoms with Crippen molar-refractivity contribution in [2.24, 2.45) is 11.8 Å². The van der Waals surface area contributed by atoms with Crippen molar-refractivity contribution >= 4 is 11.8 Å². The van der Waals surface area contributed by atoms with Gasteiger partial charge in [-0.3, -0.25) is 14.4 Å². The molecule has 1 aromatic carbocycles. The van der Waals surface area contributed by atoms with E-state index in [9.17, 15) is 9.59 Å². The second-order valence-corrected chi connectivity index (χ2v) is 9.26. The van der Waals surface area contributed by atoms with Crippen molar-refractivity contribution in [1.29, 1.82) is 0 Å².